The van der Waals surface area contributed by atoms with Crippen LogP contribution in [0.4, 0.5) is 0 Å². The van der Waals surface area contributed by atoms with Crippen LogP contribution < -0.4 is 5.32 Å². The highest BCUT2D eigenvalue weighted by atomic mass is 32.1. The van der Waals surface area contributed by atoms with Gasteiger partial charge in [-0.3, -0.25) is 4.79 Å². The fraction of sp³-hybridized carbons (Fsp3) is 0.611. The van der Waals surface area contributed by atoms with Crippen LogP contribution in [-0.4, -0.2) is 17.7 Å². The summed E-state index contributed by atoms with van der Waals surface area (Å²) in [5.41, 5.74) is 2.66. The average Bonchev–Trinajstić information content (AvgIpc) is 2.47. The van der Waals surface area contributed by atoms with Gasteiger partial charge in [-0.25, -0.2) is 0 Å². The van der Waals surface area contributed by atoms with Crippen LogP contribution in [0.3, 0.4) is 0 Å². The number of aryl methyl sites for hydroxylation is 1. The second-order valence-corrected chi connectivity index (χ2v) is 6.63. The molecule has 2 atom stereocenters. The molecule has 2 rings (SSSR count). The first-order valence-electron chi connectivity index (χ1n) is 8.18. The Balaban J connectivity index is 2.13. The van der Waals surface area contributed by atoms with Crippen molar-refractivity contribution in [2.45, 2.75) is 57.9 Å². The zero-order valence-electron chi connectivity index (χ0n) is 13.0. The van der Waals surface area contributed by atoms with Gasteiger partial charge in [0.2, 0.25) is 5.91 Å². The van der Waals surface area contributed by atoms with Crippen LogP contribution in [0.25, 0.3) is 0 Å². The Bertz CT molecular complexity index is 460. The summed E-state index contributed by atoms with van der Waals surface area (Å²) in [6.07, 6.45) is 8.03. The van der Waals surface area contributed by atoms with E-state index in [9.17, 15) is 4.79 Å². The molecule has 0 spiro atoms. The van der Waals surface area contributed by atoms with Crippen molar-refractivity contribution in [2.75, 3.05) is 5.75 Å². The Morgan fingerprint density at radius 2 is 1.95 bits per heavy atom. The summed E-state index contributed by atoms with van der Waals surface area (Å²) >= 11 is 4.38. The molecular weight excluding hydrogens is 278 g/mol. The number of hydrogen-bond donors (Lipinski definition) is 2. The molecule has 0 saturated carbocycles. The van der Waals surface area contributed by atoms with Crippen LogP contribution in [-0.2, 0) is 17.6 Å². The third-order valence-electron chi connectivity index (χ3n) is 4.31. The molecule has 1 unspecified atom stereocenters. The molecule has 1 aromatic rings. The van der Waals surface area contributed by atoms with Gasteiger partial charge in [0, 0.05) is 11.8 Å². The normalized spacial score (nSPS) is 25.0. The molecule has 1 aliphatic rings. The first kappa shape index (κ1) is 16.4. The second-order valence-electron chi connectivity index (χ2n) is 6.27. The van der Waals surface area contributed by atoms with Crippen molar-refractivity contribution in [1.82, 2.24) is 5.32 Å². The predicted molar refractivity (Wildman–Crippen MR) is 91.9 cm³/mol. The molecule has 3 heteroatoms. The van der Waals surface area contributed by atoms with Crippen molar-refractivity contribution in [3.05, 3.63) is 35.4 Å². The Morgan fingerprint density at radius 1 is 1.19 bits per heavy atom. The van der Waals surface area contributed by atoms with Gasteiger partial charge in [-0.1, -0.05) is 43.5 Å². The fourth-order valence-electron chi connectivity index (χ4n) is 3.00. The minimum absolute atomic E-state index is 0.0334. The highest BCUT2D eigenvalue weighted by Crippen LogP contribution is 2.17. The van der Waals surface area contributed by atoms with Crippen molar-refractivity contribution in [3.63, 3.8) is 0 Å². The number of benzene rings is 1. The topological polar surface area (TPSA) is 29.1 Å². The Kier molecular flexibility index (Phi) is 6.62. The molecule has 1 heterocycles. The number of carbonyl (C=O) groups is 1. The van der Waals surface area contributed by atoms with E-state index in [2.05, 4.69) is 49.1 Å². The summed E-state index contributed by atoms with van der Waals surface area (Å²) in [5.74, 6) is 0.719. The molecule has 21 heavy (non-hydrogen) atoms. The van der Waals surface area contributed by atoms with Crippen molar-refractivity contribution in [3.8, 4) is 0 Å². The van der Waals surface area contributed by atoms with Gasteiger partial charge in [-0.2, -0.15) is 12.6 Å². The SMILES string of the molecule is C[C@@H]1CCCCCCc2cccc(c2)CC(CS)C(=O)N1. The molecule has 116 valence electrons. The molecule has 2 bridgehead atoms. The lowest BCUT2D eigenvalue weighted by molar-refractivity contribution is -0.124. The molecule has 0 fully saturated rings. The van der Waals surface area contributed by atoms with Gasteiger partial charge in [0.15, 0.2) is 0 Å². The number of hydrogen-bond acceptors (Lipinski definition) is 2. The Morgan fingerprint density at radius 3 is 2.76 bits per heavy atom. The van der Waals surface area contributed by atoms with Crippen LogP contribution in [0, 0.1) is 5.92 Å². The van der Waals surface area contributed by atoms with Gasteiger partial charge in [0.1, 0.15) is 0 Å². The lowest BCUT2D eigenvalue weighted by atomic mass is 9.95. The van der Waals surface area contributed by atoms with E-state index in [1.54, 1.807) is 0 Å². The molecule has 0 aliphatic carbocycles. The predicted octanol–water partition coefficient (Wildman–Crippen LogP) is 3.79. The summed E-state index contributed by atoms with van der Waals surface area (Å²) in [7, 11) is 0. The van der Waals surface area contributed by atoms with Gasteiger partial charge < -0.3 is 5.32 Å². The van der Waals surface area contributed by atoms with Crippen molar-refractivity contribution in [1.29, 1.82) is 0 Å². The number of carbonyl (C=O) groups excluding carboxylic acids is 1. The average molecular weight is 305 g/mol. The summed E-state index contributed by atoms with van der Waals surface area (Å²) in [6.45, 7) is 2.11. The van der Waals surface area contributed by atoms with Crippen molar-refractivity contribution in [2.24, 2.45) is 5.92 Å². The first-order chi connectivity index (χ1) is 10.2. The van der Waals surface area contributed by atoms with Crippen LogP contribution in [0.15, 0.2) is 24.3 Å². The highest BCUT2D eigenvalue weighted by molar-refractivity contribution is 7.80. The maximum atomic E-state index is 12.4. The van der Waals surface area contributed by atoms with Crippen LogP contribution >= 0.6 is 12.6 Å². The molecule has 1 aromatic carbocycles. The van der Waals surface area contributed by atoms with Gasteiger partial charge in [-0.05, 0) is 43.7 Å². The largest absolute Gasteiger partial charge is 0.353 e. The zero-order valence-corrected chi connectivity index (χ0v) is 13.9. The number of amides is 1. The first-order valence-corrected chi connectivity index (χ1v) is 8.81. The highest BCUT2D eigenvalue weighted by Gasteiger charge is 2.19. The molecular formula is C18H27NOS. The summed E-state index contributed by atoms with van der Waals surface area (Å²) < 4.78 is 0. The van der Waals surface area contributed by atoms with Crippen molar-refractivity contribution < 1.29 is 4.79 Å². The molecule has 0 aromatic heterocycles. The van der Waals surface area contributed by atoms with E-state index >= 15 is 0 Å². The number of fused-ring (bicyclic) bond motifs is 2. The van der Waals surface area contributed by atoms with Crippen LogP contribution in [0.1, 0.15) is 50.2 Å². The van der Waals surface area contributed by atoms with Gasteiger partial charge in [-0.15, -0.1) is 0 Å². The standard InChI is InChI=1S/C18H27NOS/c1-14-7-4-2-3-5-8-15-9-6-10-16(11-15)12-17(13-21)18(20)19-14/h6,9-11,14,17,21H,2-5,7-8,12-13H2,1H3,(H,19,20)/t14-,17?/m1/s1. The third-order valence-corrected chi connectivity index (χ3v) is 4.75. The van der Waals surface area contributed by atoms with E-state index in [4.69, 9.17) is 0 Å². The fourth-order valence-corrected chi connectivity index (χ4v) is 3.30. The van der Waals surface area contributed by atoms with Gasteiger partial charge >= 0.3 is 0 Å². The van der Waals surface area contributed by atoms with E-state index < -0.39 is 0 Å². The van der Waals surface area contributed by atoms with E-state index in [0.29, 0.717) is 5.75 Å². The summed E-state index contributed by atoms with van der Waals surface area (Å²) in [6, 6.07) is 8.98. The van der Waals surface area contributed by atoms with Gasteiger partial charge in [0.05, 0.1) is 5.92 Å². The maximum Gasteiger partial charge on any atom is 0.224 e. The van der Waals surface area contributed by atoms with E-state index in [1.165, 1.54) is 36.8 Å². The summed E-state index contributed by atoms with van der Waals surface area (Å²) in [5, 5.41) is 3.15. The number of nitrogens with one attached hydrogen (secondary N) is 1. The minimum Gasteiger partial charge on any atom is -0.353 e. The van der Waals surface area contributed by atoms with E-state index in [0.717, 1.165) is 19.3 Å². The smallest absolute Gasteiger partial charge is 0.224 e. The summed E-state index contributed by atoms with van der Waals surface area (Å²) in [4.78, 5) is 12.4. The monoisotopic (exact) mass is 305 g/mol. The third kappa shape index (κ3) is 5.39. The number of rotatable bonds is 1. The van der Waals surface area contributed by atoms with Gasteiger partial charge in [0.25, 0.3) is 0 Å². The van der Waals surface area contributed by atoms with Crippen LogP contribution in [0.5, 0.6) is 0 Å². The molecule has 1 N–H and O–H groups in total. The maximum absolute atomic E-state index is 12.4. The van der Waals surface area contributed by atoms with Crippen molar-refractivity contribution >= 4 is 18.5 Å². The number of thiol groups is 1. The molecule has 0 radical (unpaired) electrons. The molecule has 1 amide bonds. The Hall–Kier alpha value is -0.960. The minimum atomic E-state index is -0.0334. The lowest BCUT2D eigenvalue weighted by Crippen LogP contribution is -2.38. The zero-order chi connectivity index (χ0) is 15.1. The van der Waals surface area contributed by atoms with E-state index in [-0.39, 0.29) is 17.9 Å². The second kappa shape index (κ2) is 8.47. The molecule has 1 aliphatic heterocycles. The molecule has 0 saturated heterocycles. The Labute approximate surface area is 134 Å². The lowest BCUT2D eigenvalue weighted by Gasteiger charge is -2.20. The quantitative estimate of drug-likeness (QED) is 0.760. The molecule has 2 nitrogen and oxygen atoms in total. The van der Waals surface area contributed by atoms with E-state index in [1.807, 2.05) is 0 Å². The van der Waals surface area contributed by atoms with Crippen LogP contribution in [0.2, 0.25) is 0 Å².